The van der Waals surface area contributed by atoms with Gasteiger partial charge in [0.05, 0.1) is 12.4 Å². The Kier molecular flexibility index (Phi) is 8.83. The summed E-state index contributed by atoms with van der Waals surface area (Å²) < 4.78 is 30.2. The van der Waals surface area contributed by atoms with E-state index in [2.05, 4.69) is 18.6 Å². The number of aliphatic hydroxyl groups excluding tert-OH is 1. The van der Waals surface area contributed by atoms with Crippen LogP contribution in [0.25, 0.3) is 0 Å². The summed E-state index contributed by atoms with van der Waals surface area (Å²) in [6.07, 6.45) is 1.25. The molecule has 0 amide bonds. The van der Waals surface area contributed by atoms with E-state index in [-0.39, 0.29) is 18.8 Å². The van der Waals surface area contributed by atoms with Crippen molar-refractivity contribution in [1.29, 1.82) is 0 Å². The van der Waals surface area contributed by atoms with Crippen LogP contribution in [0.1, 0.15) is 26.7 Å². The predicted octanol–water partition coefficient (Wildman–Crippen LogP) is 0.351. The summed E-state index contributed by atoms with van der Waals surface area (Å²) in [7, 11) is -3.24. The van der Waals surface area contributed by atoms with Crippen LogP contribution in [0.5, 0.6) is 0 Å². The van der Waals surface area contributed by atoms with E-state index >= 15 is 0 Å². The molecular formula is C10H23NO4S. The standard InChI is InChI=1S/C10H23NO4S/c1-10(2)4-7-15-8-5-11-16(13,14)9-3-6-12/h10-12H,3-9H2,1-2H3. The highest BCUT2D eigenvalue weighted by Gasteiger charge is 2.07. The van der Waals surface area contributed by atoms with Gasteiger partial charge in [-0.15, -0.1) is 0 Å². The van der Waals surface area contributed by atoms with Crippen LogP contribution in [0.4, 0.5) is 0 Å². The van der Waals surface area contributed by atoms with Crippen molar-refractivity contribution >= 4 is 10.0 Å². The summed E-state index contributed by atoms with van der Waals surface area (Å²) in [5, 5.41) is 8.51. The quantitative estimate of drug-likeness (QED) is 0.551. The average Bonchev–Trinajstić information content (AvgIpc) is 2.20. The Balaban J connectivity index is 3.43. The number of hydrogen-bond acceptors (Lipinski definition) is 4. The smallest absolute Gasteiger partial charge is 0.211 e. The molecule has 0 saturated carbocycles. The lowest BCUT2D eigenvalue weighted by atomic mass is 10.1. The minimum absolute atomic E-state index is 0.0322. The first-order valence-corrected chi connectivity index (χ1v) is 7.29. The van der Waals surface area contributed by atoms with E-state index in [9.17, 15) is 8.42 Å². The summed E-state index contributed by atoms with van der Waals surface area (Å²) in [6, 6.07) is 0. The lowest BCUT2D eigenvalue weighted by Gasteiger charge is -2.08. The molecule has 98 valence electrons. The van der Waals surface area contributed by atoms with E-state index in [0.717, 1.165) is 6.42 Å². The number of nitrogens with one attached hydrogen (secondary N) is 1. The molecule has 0 aliphatic heterocycles. The van der Waals surface area contributed by atoms with Crippen LogP contribution < -0.4 is 4.72 Å². The third kappa shape index (κ3) is 10.4. The number of hydrogen-bond donors (Lipinski definition) is 2. The summed E-state index contributed by atoms with van der Waals surface area (Å²) >= 11 is 0. The average molecular weight is 253 g/mol. The molecule has 0 atom stereocenters. The summed E-state index contributed by atoms with van der Waals surface area (Å²) in [4.78, 5) is 0. The minimum Gasteiger partial charge on any atom is -0.396 e. The third-order valence-electron chi connectivity index (χ3n) is 1.98. The van der Waals surface area contributed by atoms with Gasteiger partial charge in [-0.25, -0.2) is 13.1 Å². The van der Waals surface area contributed by atoms with E-state index in [1.54, 1.807) is 0 Å². The fourth-order valence-corrected chi connectivity index (χ4v) is 2.06. The van der Waals surface area contributed by atoms with Crippen LogP contribution in [0.15, 0.2) is 0 Å². The van der Waals surface area contributed by atoms with Crippen LogP contribution in [-0.2, 0) is 14.8 Å². The molecule has 0 heterocycles. The minimum atomic E-state index is -3.24. The number of aliphatic hydroxyl groups is 1. The van der Waals surface area contributed by atoms with Crippen LogP contribution in [0, 0.1) is 5.92 Å². The van der Waals surface area contributed by atoms with Crippen molar-refractivity contribution in [2.24, 2.45) is 5.92 Å². The molecule has 0 saturated heterocycles. The largest absolute Gasteiger partial charge is 0.396 e. The second-order valence-electron chi connectivity index (χ2n) is 4.09. The topological polar surface area (TPSA) is 75.6 Å². The maximum atomic E-state index is 11.3. The number of rotatable bonds is 10. The molecule has 0 aromatic carbocycles. The predicted molar refractivity (Wildman–Crippen MR) is 63.8 cm³/mol. The Labute approximate surface area is 98.2 Å². The van der Waals surface area contributed by atoms with Crippen molar-refractivity contribution in [2.75, 3.05) is 32.1 Å². The number of sulfonamides is 1. The van der Waals surface area contributed by atoms with Gasteiger partial charge in [-0.3, -0.25) is 0 Å². The fraction of sp³-hybridized carbons (Fsp3) is 1.00. The zero-order valence-electron chi connectivity index (χ0n) is 10.1. The number of ether oxygens (including phenoxy) is 1. The van der Waals surface area contributed by atoms with E-state index in [1.165, 1.54) is 0 Å². The van der Waals surface area contributed by atoms with Gasteiger partial charge in [0.1, 0.15) is 0 Å². The summed E-state index contributed by atoms with van der Waals surface area (Å²) in [5.74, 6) is 0.566. The molecular weight excluding hydrogens is 230 g/mol. The molecule has 0 fully saturated rings. The Morgan fingerprint density at radius 2 is 2.00 bits per heavy atom. The van der Waals surface area contributed by atoms with Gasteiger partial charge in [0, 0.05) is 19.8 Å². The van der Waals surface area contributed by atoms with Crippen molar-refractivity contribution in [1.82, 2.24) is 4.72 Å². The molecule has 6 heteroatoms. The molecule has 0 spiro atoms. The molecule has 16 heavy (non-hydrogen) atoms. The first-order valence-electron chi connectivity index (χ1n) is 5.64. The molecule has 2 N–H and O–H groups in total. The van der Waals surface area contributed by atoms with Crippen LogP contribution in [-0.4, -0.2) is 45.6 Å². The Hall–Kier alpha value is -0.170. The van der Waals surface area contributed by atoms with Crippen molar-refractivity contribution in [3.05, 3.63) is 0 Å². The molecule has 0 radical (unpaired) electrons. The molecule has 0 aromatic rings. The Morgan fingerprint density at radius 3 is 2.56 bits per heavy atom. The molecule has 0 aliphatic carbocycles. The zero-order valence-corrected chi connectivity index (χ0v) is 10.9. The van der Waals surface area contributed by atoms with Gasteiger partial charge < -0.3 is 9.84 Å². The maximum Gasteiger partial charge on any atom is 0.211 e. The Morgan fingerprint density at radius 1 is 1.31 bits per heavy atom. The first-order chi connectivity index (χ1) is 7.48. The summed E-state index contributed by atoms with van der Waals surface area (Å²) in [6.45, 7) is 5.47. The van der Waals surface area contributed by atoms with Gasteiger partial charge >= 0.3 is 0 Å². The molecule has 0 aromatic heterocycles. The normalized spacial score (nSPS) is 12.2. The Bertz CT molecular complexity index is 252. The van der Waals surface area contributed by atoms with Gasteiger partial charge in [0.15, 0.2) is 0 Å². The lowest BCUT2D eigenvalue weighted by Crippen LogP contribution is -2.30. The zero-order chi connectivity index (χ0) is 12.4. The molecule has 0 rings (SSSR count). The second-order valence-corrected chi connectivity index (χ2v) is 6.01. The van der Waals surface area contributed by atoms with Crippen molar-refractivity contribution in [3.63, 3.8) is 0 Å². The third-order valence-corrected chi connectivity index (χ3v) is 3.45. The highest BCUT2D eigenvalue weighted by atomic mass is 32.2. The van der Waals surface area contributed by atoms with Gasteiger partial charge in [-0.05, 0) is 18.8 Å². The fourth-order valence-electron chi connectivity index (χ4n) is 1.02. The SMILES string of the molecule is CC(C)CCOCCNS(=O)(=O)CCCO. The van der Waals surface area contributed by atoms with Crippen LogP contribution in [0.2, 0.25) is 0 Å². The second kappa shape index (κ2) is 8.92. The first kappa shape index (κ1) is 15.8. The van der Waals surface area contributed by atoms with Crippen LogP contribution >= 0.6 is 0 Å². The van der Waals surface area contributed by atoms with E-state index in [4.69, 9.17) is 9.84 Å². The van der Waals surface area contributed by atoms with Crippen molar-refractivity contribution < 1.29 is 18.3 Å². The molecule has 5 nitrogen and oxygen atoms in total. The maximum absolute atomic E-state index is 11.3. The van der Waals surface area contributed by atoms with E-state index in [0.29, 0.717) is 25.7 Å². The van der Waals surface area contributed by atoms with E-state index in [1.807, 2.05) is 0 Å². The molecule has 0 bridgehead atoms. The van der Waals surface area contributed by atoms with Crippen LogP contribution in [0.3, 0.4) is 0 Å². The lowest BCUT2D eigenvalue weighted by molar-refractivity contribution is 0.128. The van der Waals surface area contributed by atoms with Gasteiger partial charge in [-0.1, -0.05) is 13.8 Å². The van der Waals surface area contributed by atoms with Gasteiger partial charge in [0.25, 0.3) is 0 Å². The molecule has 0 unspecified atom stereocenters. The van der Waals surface area contributed by atoms with Gasteiger partial charge in [0.2, 0.25) is 10.0 Å². The van der Waals surface area contributed by atoms with Crippen molar-refractivity contribution in [3.8, 4) is 0 Å². The highest BCUT2D eigenvalue weighted by Crippen LogP contribution is 1.98. The van der Waals surface area contributed by atoms with Gasteiger partial charge in [-0.2, -0.15) is 0 Å². The molecule has 0 aliphatic rings. The van der Waals surface area contributed by atoms with E-state index < -0.39 is 10.0 Å². The summed E-state index contributed by atoms with van der Waals surface area (Å²) in [5.41, 5.74) is 0. The monoisotopic (exact) mass is 253 g/mol. The van der Waals surface area contributed by atoms with Crippen molar-refractivity contribution in [2.45, 2.75) is 26.7 Å². The highest BCUT2D eigenvalue weighted by molar-refractivity contribution is 7.89.